The van der Waals surface area contributed by atoms with Gasteiger partial charge in [-0.15, -0.1) is 0 Å². The van der Waals surface area contributed by atoms with Gasteiger partial charge >= 0.3 is 0 Å². The van der Waals surface area contributed by atoms with Gasteiger partial charge in [0.15, 0.2) is 9.84 Å². The third-order valence-electron chi connectivity index (χ3n) is 4.74. The van der Waals surface area contributed by atoms with Crippen LogP contribution in [0.5, 0.6) is 0 Å². The van der Waals surface area contributed by atoms with E-state index < -0.39 is 9.84 Å². The molecule has 2 rings (SSSR count). The molecule has 24 heavy (non-hydrogen) atoms. The minimum atomic E-state index is -3.42. The normalized spacial score (nSPS) is 16.3. The molecule has 0 radical (unpaired) electrons. The van der Waals surface area contributed by atoms with E-state index in [0.717, 1.165) is 5.56 Å². The second kappa shape index (κ2) is 7.68. The van der Waals surface area contributed by atoms with Crippen molar-refractivity contribution < 1.29 is 13.2 Å². The van der Waals surface area contributed by atoms with Crippen molar-refractivity contribution in [1.29, 1.82) is 0 Å². The van der Waals surface area contributed by atoms with Crippen molar-refractivity contribution in [1.82, 2.24) is 5.32 Å². The lowest BCUT2D eigenvalue weighted by Gasteiger charge is -2.19. The van der Waals surface area contributed by atoms with Crippen LogP contribution in [0.15, 0.2) is 29.2 Å². The minimum absolute atomic E-state index is 0.0115. The molecule has 0 atom stereocenters. The molecular weight excluding hydrogens is 322 g/mol. The summed E-state index contributed by atoms with van der Waals surface area (Å²) in [5, 5.41) is 2.87. The summed E-state index contributed by atoms with van der Waals surface area (Å²) in [6.45, 7) is 6.95. The zero-order chi connectivity index (χ0) is 17.8. The Bertz CT molecular complexity index is 651. The molecule has 1 saturated carbocycles. The first-order valence-electron chi connectivity index (χ1n) is 8.78. The Labute approximate surface area is 146 Å². The van der Waals surface area contributed by atoms with Gasteiger partial charge in [0.1, 0.15) is 0 Å². The van der Waals surface area contributed by atoms with Gasteiger partial charge in [-0.25, -0.2) is 8.42 Å². The van der Waals surface area contributed by atoms with E-state index in [9.17, 15) is 13.2 Å². The molecule has 1 aliphatic rings. The smallest absolute Gasteiger partial charge is 0.221 e. The van der Waals surface area contributed by atoms with E-state index in [1.54, 1.807) is 12.1 Å². The fraction of sp³-hybridized carbons (Fsp3) is 0.632. The van der Waals surface area contributed by atoms with Crippen molar-refractivity contribution in [2.75, 3.05) is 12.3 Å². The molecule has 1 aromatic rings. The first-order chi connectivity index (χ1) is 11.2. The molecule has 1 aliphatic carbocycles. The van der Waals surface area contributed by atoms with Crippen LogP contribution in [0.25, 0.3) is 0 Å². The standard InChI is InChI=1S/C19H29NO3S/c1-19(2,3)16-8-10-17(11-9-16)24(22,23)13-12-18(21)20-14-15-6-4-5-7-15/h8-11,15H,4-7,12-14H2,1-3H3,(H,20,21). The molecule has 5 heteroatoms. The minimum Gasteiger partial charge on any atom is -0.356 e. The Morgan fingerprint density at radius 1 is 1.12 bits per heavy atom. The average molecular weight is 352 g/mol. The van der Waals surface area contributed by atoms with Crippen LogP contribution in [-0.2, 0) is 20.0 Å². The third kappa shape index (κ3) is 5.33. The average Bonchev–Trinajstić information content (AvgIpc) is 3.04. The summed E-state index contributed by atoms with van der Waals surface area (Å²) >= 11 is 0. The Morgan fingerprint density at radius 3 is 2.25 bits per heavy atom. The Kier molecular flexibility index (Phi) is 6.07. The summed E-state index contributed by atoms with van der Waals surface area (Å²) in [4.78, 5) is 12.2. The number of nitrogens with one attached hydrogen (secondary N) is 1. The molecule has 0 saturated heterocycles. The van der Waals surface area contributed by atoms with Crippen molar-refractivity contribution in [3.8, 4) is 0 Å². The van der Waals surface area contributed by atoms with Crippen molar-refractivity contribution in [3.05, 3.63) is 29.8 Å². The van der Waals surface area contributed by atoms with Gasteiger partial charge in [0, 0.05) is 13.0 Å². The molecule has 134 valence electrons. The maximum atomic E-state index is 12.4. The molecule has 0 heterocycles. The summed E-state index contributed by atoms with van der Waals surface area (Å²) in [7, 11) is -3.42. The first kappa shape index (κ1) is 19.0. The largest absolute Gasteiger partial charge is 0.356 e. The van der Waals surface area contributed by atoms with Gasteiger partial charge in [-0.05, 0) is 41.9 Å². The van der Waals surface area contributed by atoms with E-state index in [1.165, 1.54) is 25.7 Å². The van der Waals surface area contributed by atoms with E-state index >= 15 is 0 Å². The maximum absolute atomic E-state index is 12.4. The maximum Gasteiger partial charge on any atom is 0.221 e. The second-order valence-corrected chi connectivity index (χ2v) is 9.91. The van der Waals surface area contributed by atoms with E-state index in [1.807, 2.05) is 12.1 Å². The number of hydrogen-bond donors (Lipinski definition) is 1. The Morgan fingerprint density at radius 2 is 1.71 bits per heavy atom. The highest BCUT2D eigenvalue weighted by Crippen LogP contribution is 2.24. The zero-order valence-electron chi connectivity index (χ0n) is 15.0. The number of carbonyl (C=O) groups excluding carboxylic acids is 1. The quantitative estimate of drug-likeness (QED) is 0.854. The zero-order valence-corrected chi connectivity index (χ0v) is 15.8. The lowest BCUT2D eigenvalue weighted by molar-refractivity contribution is -0.120. The van der Waals surface area contributed by atoms with Crippen molar-refractivity contribution in [3.63, 3.8) is 0 Å². The van der Waals surface area contributed by atoms with Crippen molar-refractivity contribution >= 4 is 15.7 Å². The topological polar surface area (TPSA) is 63.2 Å². The number of amides is 1. The third-order valence-corrected chi connectivity index (χ3v) is 6.47. The number of benzene rings is 1. The molecule has 1 fully saturated rings. The van der Waals surface area contributed by atoms with E-state index in [4.69, 9.17) is 0 Å². The van der Waals surface area contributed by atoms with Crippen LogP contribution in [0, 0.1) is 5.92 Å². The van der Waals surface area contributed by atoms with Gasteiger partial charge in [-0.2, -0.15) is 0 Å². The molecular formula is C19H29NO3S. The van der Waals surface area contributed by atoms with Gasteiger partial charge in [0.25, 0.3) is 0 Å². The van der Waals surface area contributed by atoms with E-state index in [0.29, 0.717) is 17.4 Å². The summed E-state index contributed by atoms with van der Waals surface area (Å²) < 4.78 is 24.8. The lowest BCUT2D eigenvalue weighted by atomic mass is 9.87. The van der Waals surface area contributed by atoms with Gasteiger partial charge in [-0.3, -0.25) is 4.79 Å². The molecule has 0 spiro atoms. The van der Waals surface area contributed by atoms with Gasteiger partial charge in [0.05, 0.1) is 10.6 Å². The Balaban J connectivity index is 1.87. The van der Waals surface area contributed by atoms with Gasteiger partial charge in [-0.1, -0.05) is 45.7 Å². The summed E-state index contributed by atoms with van der Waals surface area (Å²) in [5.41, 5.74) is 1.08. The molecule has 1 N–H and O–H groups in total. The van der Waals surface area contributed by atoms with Crippen LogP contribution >= 0.6 is 0 Å². The number of carbonyl (C=O) groups is 1. The summed E-state index contributed by atoms with van der Waals surface area (Å²) in [5.74, 6) is 0.255. The molecule has 0 aromatic heterocycles. The van der Waals surface area contributed by atoms with Crippen LogP contribution in [0.2, 0.25) is 0 Å². The van der Waals surface area contributed by atoms with Crippen molar-refractivity contribution in [2.24, 2.45) is 5.92 Å². The van der Waals surface area contributed by atoms with Gasteiger partial charge < -0.3 is 5.32 Å². The SMILES string of the molecule is CC(C)(C)c1ccc(S(=O)(=O)CCC(=O)NCC2CCCC2)cc1. The van der Waals surface area contributed by atoms with Gasteiger partial charge in [0.2, 0.25) is 5.91 Å². The molecule has 0 aliphatic heterocycles. The summed E-state index contributed by atoms with van der Waals surface area (Å²) in [6, 6.07) is 7.00. The highest BCUT2D eigenvalue weighted by molar-refractivity contribution is 7.91. The summed E-state index contributed by atoms with van der Waals surface area (Å²) in [6.07, 6.45) is 4.83. The molecule has 4 nitrogen and oxygen atoms in total. The van der Waals surface area contributed by atoms with Crippen molar-refractivity contribution in [2.45, 2.75) is 63.2 Å². The number of hydrogen-bond acceptors (Lipinski definition) is 3. The fourth-order valence-corrected chi connectivity index (χ4v) is 4.31. The monoisotopic (exact) mass is 351 g/mol. The second-order valence-electron chi connectivity index (χ2n) is 7.80. The highest BCUT2D eigenvalue weighted by atomic mass is 32.2. The van der Waals surface area contributed by atoms with E-state index in [2.05, 4.69) is 26.1 Å². The fourth-order valence-electron chi connectivity index (χ4n) is 3.07. The predicted molar refractivity (Wildman–Crippen MR) is 96.8 cm³/mol. The molecule has 0 bridgehead atoms. The van der Waals surface area contributed by atoms with Crippen LogP contribution in [-0.4, -0.2) is 26.6 Å². The number of sulfone groups is 1. The number of rotatable bonds is 6. The van der Waals surface area contributed by atoms with Crippen LogP contribution in [0.1, 0.15) is 58.4 Å². The van der Waals surface area contributed by atoms with E-state index in [-0.39, 0.29) is 23.5 Å². The van der Waals surface area contributed by atoms with Crippen LogP contribution in [0.3, 0.4) is 0 Å². The Hall–Kier alpha value is -1.36. The first-order valence-corrected chi connectivity index (χ1v) is 10.4. The predicted octanol–water partition coefficient (Wildman–Crippen LogP) is 3.45. The molecule has 1 amide bonds. The molecule has 1 aromatic carbocycles. The highest BCUT2D eigenvalue weighted by Gasteiger charge is 2.20. The van der Waals surface area contributed by atoms with Crippen LogP contribution < -0.4 is 5.32 Å². The van der Waals surface area contributed by atoms with Crippen LogP contribution in [0.4, 0.5) is 0 Å². The molecule has 0 unspecified atom stereocenters. The lowest BCUT2D eigenvalue weighted by Crippen LogP contribution is -2.29.